The summed E-state index contributed by atoms with van der Waals surface area (Å²) in [6.07, 6.45) is 0. The van der Waals surface area contributed by atoms with Crippen LogP contribution in [0.5, 0.6) is 5.75 Å². The summed E-state index contributed by atoms with van der Waals surface area (Å²) in [4.78, 5) is 4.58. The molecule has 2 N–H and O–H groups in total. The molecule has 3 aromatic rings. The van der Waals surface area contributed by atoms with Gasteiger partial charge >= 0.3 is 0 Å². The fourth-order valence-corrected chi connectivity index (χ4v) is 3.16. The van der Waals surface area contributed by atoms with E-state index >= 15 is 0 Å². The second kappa shape index (κ2) is 6.94. The number of hydrogen-bond acceptors (Lipinski definition) is 4. The first-order chi connectivity index (χ1) is 11.2. The van der Waals surface area contributed by atoms with Gasteiger partial charge in [-0.15, -0.1) is 11.3 Å². The highest BCUT2D eigenvalue weighted by Gasteiger charge is 2.10. The Bertz CT molecular complexity index is 796. The van der Waals surface area contributed by atoms with Gasteiger partial charge in [0, 0.05) is 17.5 Å². The maximum absolute atomic E-state index is 5.98. The lowest BCUT2D eigenvalue weighted by Crippen LogP contribution is -1.98. The Kier molecular flexibility index (Phi) is 4.74. The van der Waals surface area contributed by atoms with Crippen molar-refractivity contribution in [2.45, 2.75) is 27.0 Å². The molecular formula is C19H20N2OS. The minimum Gasteiger partial charge on any atom is -0.489 e. The Morgan fingerprint density at radius 1 is 1.09 bits per heavy atom. The fourth-order valence-electron chi connectivity index (χ4n) is 2.48. The minimum absolute atomic E-state index is 0.487. The lowest BCUT2D eigenvalue weighted by molar-refractivity contribution is 0.304. The summed E-state index contributed by atoms with van der Waals surface area (Å²) in [6.45, 7) is 5.22. The molecule has 2 aromatic carbocycles. The summed E-state index contributed by atoms with van der Waals surface area (Å²) >= 11 is 1.60. The lowest BCUT2D eigenvalue weighted by Gasteiger charge is -2.13. The summed E-state index contributed by atoms with van der Waals surface area (Å²) in [7, 11) is 0. The average Bonchev–Trinajstić information content (AvgIpc) is 3.05. The van der Waals surface area contributed by atoms with Crippen LogP contribution in [0.15, 0.2) is 47.8 Å². The zero-order chi connectivity index (χ0) is 16.2. The van der Waals surface area contributed by atoms with Crippen molar-refractivity contribution < 1.29 is 4.74 Å². The van der Waals surface area contributed by atoms with Crippen LogP contribution in [0, 0.1) is 13.8 Å². The maximum atomic E-state index is 5.98. The Morgan fingerprint density at radius 3 is 2.57 bits per heavy atom. The van der Waals surface area contributed by atoms with Crippen molar-refractivity contribution in [3.05, 3.63) is 69.5 Å². The number of nitrogens with two attached hydrogens (primary N) is 1. The van der Waals surface area contributed by atoms with E-state index < -0.39 is 0 Å². The number of thiazole rings is 1. The summed E-state index contributed by atoms with van der Waals surface area (Å²) in [5.41, 5.74) is 11.2. The van der Waals surface area contributed by atoms with Crippen LogP contribution in [0.4, 0.5) is 0 Å². The molecule has 3 nitrogen and oxygen atoms in total. The van der Waals surface area contributed by atoms with E-state index in [0.29, 0.717) is 13.2 Å². The van der Waals surface area contributed by atoms with Crippen molar-refractivity contribution in [2.24, 2.45) is 5.73 Å². The molecule has 0 amide bonds. The quantitative estimate of drug-likeness (QED) is 0.753. The Hall–Kier alpha value is -2.17. The molecular weight excluding hydrogens is 304 g/mol. The number of nitrogens with zero attached hydrogens (tertiary/aromatic N) is 1. The molecule has 23 heavy (non-hydrogen) atoms. The molecule has 0 aliphatic carbocycles. The van der Waals surface area contributed by atoms with Crippen LogP contribution < -0.4 is 10.5 Å². The van der Waals surface area contributed by atoms with E-state index in [-0.39, 0.29) is 0 Å². The monoisotopic (exact) mass is 324 g/mol. The fraction of sp³-hybridized carbons (Fsp3) is 0.211. The highest BCUT2D eigenvalue weighted by Crippen LogP contribution is 2.31. The average molecular weight is 324 g/mol. The van der Waals surface area contributed by atoms with Crippen LogP contribution in [-0.4, -0.2) is 4.98 Å². The van der Waals surface area contributed by atoms with E-state index in [9.17, 15) is 0 Å². The molecule has 0 aliphatic rings. The molecule has 118 valence electrons. The second-order valence-corrected chi connectivity index (χ2v) is 6.48. The SMILES string of the molecule is Cc1cc(-c2csc(CN)n2)c(C)cc1OCc1ccccc1. The topological polar surface area (TPSA) is 48.1 Å². The van der Waals surface area contributed by atoms with Gasteiger partial charge in [-0.1, -0.05) is 30.3 Å². The van der Waals surface area contributed by atoms with Crippen molar-refractivity contribution in [1.82, 2.24) is 4.98 Å². The Labute approximate surface area is 140 Å². The second-order valence-electron chi connectivity index (χ2n) is 5.54. The zero-order valence-electron chi connectivity index (χ0n) is 13.4. The van der Waals surface area contributed by atoms with Gasteiger partial charge < -0.3 is 10.5 Å². The van der Waals surface area contributed by atoms with Gasteiger partial charge in [-0.2, -0.15) is 0 Å². The van der Waals surface area contributed by atoms with Gasteiger partial charge in [0.25, 0.3) is 0 Å². The standard InChI is InChI=1S/C19H20N2OS/c1-13-9-18(22-11-15-6-4-3-5-7-15)14(2)8-16(13)17-12-23-19(10-20)21-17/h3-9,12H,10-11,20H2,1-2H3. The molecule has 4 heteroatoms. The number of benzene rings is 2. The van der Waals surface area contributed by atoms with Crippen molar-refractivity contribution in [3.63, 3.8) is 0 Å². The molecule has 1 aromatic heterocycles. The van der Waals surface area contributed by atoms with E-state index in [2.05, 4.69) is 48.5 Å². The van der Waals surface area contributed by atoms with Crippen LogP contribution in [0.2, 0.25) is 0 Å². The molecule has 1 heterocycles. The van der Waals surface area contributed by atoms with Crippen LogP contribution in [-0.2, 0) is 13.2 Å². The molecule has 3 rings (SSSR count). The predicted molar refractivity (Wildman–Crippen MR) is 95.7 cm³/mol. The first-order valence-corrected chi connectivity index (χ1v) is 8.48. The number of ether oxygens (including phenoxy) is 1. The predicted octanol–water partition coefficient (Wildman–Crippen LogP) is 4.46. The van der Waals surface area contributed by atoms with E-state index in [0.717, 1.165) is 33.1 Å². The summed E-state index contributed by atoms with van der Waals surface area (Å²) in [5, 5.41) is 3.02. The van der Waals surface area contributed by atoms with Crippen LogP contribution in [0.3, 0.4) is 0 Å². The van der Waals surface area contributed by atoms with E-state index in [1.54, 1.807) is 11.3 Å². The summed E-state index contributed by atoms with van der Waals surface area (Å²) < 4.78 is 5.98. The molecule has 0 unspecified atom stereocenters. The minimum atomic E-state index is 0.487. The number of hydrogen-bond donors (Lipinski definition) is 1. The molecule has 0 atom stereocenters. The van der Waals surface area contributed by atoms with Crippen molar-refractivity contribution in [1.29, 1.82) is 0 Å². The van der Waals surface area contributed by atoms with Gasteiger partial charge in [-0.3, -0.25) is 0 Å². The molecule has 0 aliphatic heterocycles. The van der Waals surface area contributed by atoms with Gasteiger partial charge in [0.2, 0.25) is 0 Å². The van der Waals surface area contributed by atoms with Crippen LogP contribution in [0.1, 0.15) is 21.7 Å². The van der Waals surface area contributed by atoms with Gasteiger partial charge in [-0.05, 0) is 42.7 Å². The highest BCUT2D eigenvalue weighted by atomic mass is 32.1. The van der Waals surface area contributed by atoms with Gasteiger partial charge in [0.1, 0.15) is 17.4 Å². The first kappa shape index (κ1) is 15.7. The lowest BCUT2D eigenvalue weighted by atomic mass is 10.0. The third-order valence-corrected chi connectivity index (χ3v) is 4.63. The molecule has 0 fully saturated rings. The van der Waals surface area contributed by atoms with Gasteiger partial charge in [-0.25, -0.2) is 4.98 Å². The first-order valence-electron chi connectivity index (χ1n) is 7.60. The van der Waals surface area contributed by atoms with Gasteiger partial charge in [0.15, 0.2) is 0 Å². The van der Waals surface area contributed by atoms with Crippen molar-refractivity contribution in [3.8, 4) is 17.0 Å². The van der Waals surface area contributed by atoms with E-state index in [1.165, 1.54) is 5.56 Å². The summed E-state index contributed by atoms with van der Waals surface area (Å²) in [6, 6.07) is 14.4. The molecule has 0 saturated carbocycles. The smallest absolute Gasteiger partial charge is 0.123 e. The van der Waals surface area contributed by atoms with Crippen LogP contribution >= 0.6 is 11.3 Å². The third-order valence-electron chi connectivity index (χ3n) is 3.76. The third kappa shape index (κ3) is 3.60. The molecule has 0 saturated heterocycles. The molecule has 0 radical (unpaired) electrons. The van der Waals surface area contributed by atoms with E-state index in [1.807, 2.05) is 18.2 Å². The summed E-state index contributed by atoms with van der Waals surface area (Å²) in [5.74, 6) is 0.921. The number of aromatic nitrogens is 1. The number of rotatable bonds is 5. The molecule has 0 spiro atoms. The molecule has 0 bridgehead atoms. The van der Waals surface area contributed by atoms with Crippen LogP contribution in [0.25, 0.3) is 11.3 Å². The van der Waals surface area contributed by atoms with E-state index in [4.69, 9.17) is 10.5 Å². The maximum Gasteiger partial charge on any atom is 0.123 e. The van der Waals surface area contributed by atoms with Crippen molar-refractivity contribution >= 4 is 11.3 Å². The van der Waals surface area contributed by atoms with Crippen molar-refractivity contribution in [2.75, 3.05) is 0 Å². The number of aryl methyl sites for hydroxylation is 2. The largest absolute Gasteiger partial charge is 0.489 e. The Balaban J connectivity index is 1.82. The highest BCUT2D eigenvalue weighted by molar-refractivity contribution is 7.09. The Morgan fingerprint density at radius 2 is 1.87 bits per heavy atom. The van der Waals surface area contributed by atoms with Gasteiger partial charge in [0.05, 0.1) is 5.69 Å². The normalized spacial score (nSPS) is 10.7. The zero-order valence-corrected chi connectivity index (χ0v) is 14.2.